The van der Waals surface area contributed by atoms with Gasteiger partial charge in [-0.2, -0.15) is 4.98 Å². The summed E-state index contributed by atoms with van der Waals surface area (Å²) in [5.41, 5.74) is 3.77. The molecule has 1 saturated carbocycles. The predicted molar refractivity (Wildman–Crippen MR) is 109 cm³/mol. The van der Waals surface area contributed by atoms with Gasteiger partial charge in [0.05, 0.1) is 6.54 Å². The Bertz CT molecular complexity index is 1030. The Balaban J connectivity index is 1.24. The molecule has 0 saturated heterocycles. The minimum atomic E-state index is 0.605. The van der Waals surface area contributed by atoms with E-state index in [0.29, 0.717) is 12.5 Å². The zero-order chi connectivity index (χ0) is 18.1. The molecular weight excluding hydrogens is 336 g/mol. The molecule has 5 rings (SSSR count). The predicted octanol–water partition coefficient (Wildman–Crippen LogP) is 4.12. The van der Waals surface area contributed by atoms with E-state index in [-0.39, 0.29) is 0 Å². The molecule has 1 aliphatic carbocycles. The summed E-state index contributed by atoms with van der Waals surface area (Å²) in [4.78, 5) is 16.7. The standard InChI is InChI=1S/C21H22N6/c1-2-16(17-6-8-22-18(17)3-1)13-25-21-23-9-7-19(27-21)26-20-11-15(12-24-20)10-14-4-5-14/h1-3,6-9,11,14,22H,4-5,10,12-13H2,(H2,23,24,25,26,27). The molecular formula is C21H22N6. The number of anilines is 2. The zero-order valence-corrected chi connectivity index (χ0v) is 15.1. The number of hydrogen-bond acceptors (Lipinski definition) is 5. The third-order valence-electron chi connectivity index (χ3n) is 5.08. The highest BCUT2D eigenvalue weighted by Crippen LogP contribution is 2.35. The summed E-state index contributed by atoms with van der Waals surface area (Å²) in [6.45, 7) is 1.49. The molecule has 1 fully saturated rings. The van der Waals surface area contributed by atoms with E-state index in [2.05, 4.69) is 60.9 Å². The van der Waals surface area contributed by atoms with Crippen LogP contribution < -0.4 is 10.6 Å². The van der Waals surface area contributed by atoms with Gasteiger partial charge in [0.1, 0.15) is 11.7 Å². The molecule has 0 atom stereocenters. The Morgan fingerprint density at radius 1 is 1.15 bits per heavy atom. The van der Waals surface area contributed by atoms with E-state index in [4.69, 9.17) is 0 Å². The Morgan fingerprint density at radius 2 is 2.11 bits per heavy atom. The quantitative estimate of drug-likeness (QED) is 0.619. The molecule has 0 bridgehead atoms. The summed E-state index contributed by atoms with van der Waals surface area (Å²) in [5, 5.41) is 7.84. The van der Waals surface area contributed by atoms with Gasteiger partial charge in [0.25, 0.3) is 0 Å². The van der Waals surface area contributed by atoms with Gasteiger partial charge >= 0.3 is 0 Å². The molecule has 6 heteroatoms. The molecule has 6 nitrogen and oxygen atoms in total. The van der Waals surface area contributed by atoms with Crippen molar-refractivity contribution in [3.05, 3.63) is 59.9 Å². The molecule has 2 aromatic heterocycles. The highest BCUT2D eigenvalue weighted by atomic mass is 15.2. The molecule has 1 aromatic carbocycles. The van der Waals surface area contributed by atoms with E-state index in [1.165, 1.54) is 35.8 Å². The van der Waals surface area contributed by atoms with E-state index in [1.807, 2.05) is 12.3 Å². The third kappa shape index (κ3) is 3.69. The van der Waals surface area contributed by atoms with Crippen LogP contribution in [0.3, 0.4) is 0 Å². The molecule has 0 amide bonds. The van der Waals surface area contributed by atoms with Crippen molar-refractivity contribution in [1.82, 2.24) is 15.0 Å². The molecule has 2 aliphatic rings. The lowest BCUT2D eigenvalue weighted by molar-refractivity contribution is 0.808. The fraction of sp³-hybridized carbons (Fsp3) is 0.286. The number of aromatic amines is 1. The van der Waals surface area contributed by atoms with E-state index >= 15 is 0 Å². The van der Waals surface area contributed by atoms with Crippen LogP contribution in [0.15, 0.2) is 59.4 Å². The third-order valence-corrected chi connectivity index (χ3v) is 5.08. The molecule has 0 spiro atoms. The monoisotopic (exact) mass is 358 g/mol. The molecule has 1 aliphatic heterocycles. The second-order valence-corrected chi connectivity index (χ2v) is 7.25. The van der Waals surface area contributed by atoms with E-state index in [0.717, 1.165) is 29.6 Å². The normalized spacial score (nSPS) is 16.3. The van der Waals surface area contributed by atoms with E-state index in [9.17, 15) is 0 Å². The molecule has 3 heterocycles. The first kappa shape index (κ1) is 16.1. The first-order valence-electron chi connectivity index (χ1n) is 9.46. The van der Waals surface area contributed by atoms with E-state index in [1.54, 1.807) is 6.20 Å². The van der Waals surface area contributed by atoms with Gasteiger partial charge in [-0.15, -0.1) is 0 Å². The van der Waals surface area contributed by atoms with Crippen molar-refractivity contribution >= 4 is 28.5 Å². The van der Waals surface area contributed by atoms with Gasteiger partial charge in [-0.1, -0.05) is 12.1 Å². The van der Waals surface area contributed by atoms with Crippen molar-refractivity contribution in [2.24, 2.45) is 10.9 Å². The lowest BCUT2D eigenvalue weighted by atomic mass is 10.1. The van der Waals surface area contributed by atoms with Crippen LogP contribution in [-0.2, 0) is 6.54 Å². The number of rotatable bonds is 6. The van der Waals surface area contributed by atoms with Crippen LogP contribution in [0.25, 0.3) is 10.9 Å². The number of H-pyrrole nitrogens is 1. The highest BCUT2D eigenvalue weighted by Gasteiger charge is 2.23. The summed E-state index contributed by atoms with van der Waals surface area (Å²) in [7, 11) is 0. The van der Waals surface area contributed by atoms with Gasteiger partial charge in [0, 0.05) is 29.8 Å². The molecule has 27 heavy (non-hydrogen) atoms. The van der Waals surface area contributed by atoms with Gasteiger partial charge in [-0.3, -0.25) is 4.99 Å². The van der Waals surface area contributed by atoms with Crippen LogP contribution in [0.4, 0.5) is 11.8 Å². The van der Waals surface area contributed by atoms with Gasteiger partial charge in [0.2, 0.25) is 5.95 Å². The number of amidine groups is 1. The minimum absolute atomic E-state index is 0.605. The maximum Gasteiger partial charge on any atom is 0.224 e. The topological polar surface area (TPSA) is 78.0 Å². The number of nitrogens with one attached hydrogen (secondary N) is 3. The smallest absolute Gasteiger partial charge is 0.224 e. The zero-order valence-electron chi connectivity index (χ0n) is 15.1. The number of fused-ring (bicyclic) bond motifs is 1. The first-order chi connectivity index (χ1) is 13.3. The van der Waals surface area contributed by atoms with Crippen molar-refractivity contribution in [2.75, 3.05) is 17.2 Å². The second kappa shape index (κ2) is 6.87. The summed E-state index contributed by atoms with van der Waals surface area (Å²) in [5.74, 6) is 3.15. The Kier molecular flexibility index (Phi) is 4.08. The van der Waals surface area contributed by atoms with Crippen LogP contribution in [-0.4, -0.2) is 27.3 Å². The van der Waals surface area contributed by atoms with Crippen molar-refractivity contribution < 1.29 is 0 Å². The average Bonchev–Trinajstić information content (AvgIpc) is 3.17. The number of nitrogens with zero attached hydrogens (tertiary/aromatic N) is 3. The number of aromatic nitrogens is 3. The largest absolute Gasteiger partial charge is 0.361 e. The van der Waals surface area contributed by atoms with Crippen LogP contribution >= 0.6 is 0 Å². The van der Waals surface area contributed by atoms with Crippen molar-refractivity contribution in [2.45, 2.75) is 25.8 Å². The van der Waals surface area contributed by atoms with Gasteiger partial charge in [-0.25, -0.2) is 4.98 Å². The molecule has 0 radical (unpaired) electrons. The van der Waals surface area contributed by atoms with Crippen LogP contribution in [0, 0.1) is 5.92 Å². The number of hydrogen-bond donors (Lipinski definition) is 3. The second-order valence-electron chi connectivity index (χ2n) is 7.25. The highest BCUT2D eigenvalue weighted by molar-refractivity contribution is 6.05. The summed E-state index contributed by atoms with van der Waals surface area (Å²) < 4.78 is 0. The van der Waals surface area contributed by atoms with Crippen molar-refractivity contribution in [3.8, 4) is 0 Å². The molecule has 0 unspecified atom stereocenters. The van der Waals surface area contributed by atoms with Gasteiger partial charge < -0.3 is 15.6 Å². The van der Waals surface area contributed by atoms with Gasteiger partial charge in [0.15, 0.2) is 0 Å². The molecule has 136 valence electrons. The lowest BCUT2D eigenvalue weighted by Gasteiger charge is -2.08. The van der Waals surface area contributed by atoms with Crippen LogP contribution in [0.1, 0.15) is 24.8 Å². The first-order valence-corrected chi connectivity index (χ1v) is 9.46. The fourth-order valence-electron chi connectivity index (χ4n) is 3.49. The lowest BCUT2D eigenvalue weighted by Crippen LogP contribution is -2.10. The van der Waals surface area contributed by atoms with Crippen molar-refractivity contribution in [1.29, 1.82) is 0 Å². The average molecular weight is 358 g/mol. The number of benzene rings is 1. The maximum atomic E-state index is 4.57. The summed E-state index contributed by atoms with van der Waals surface area (Å²) in [6, 6.07) is 10.2. The van der Waals surface area contributed by atoms with Gasteiger partial charge in [-0.05, 0) is 60.6 Å². The van der Waals surface area contributed by atoms with Crippen molar-refractivity contribution in [3.63, 3.8) is 0 Å². The minimum Gasteiger partial charge on any atom is -0.361 e. The Labute approximate surface area is 157 Å². The summed E-state index contributed by atoms with van der Waals surface area (Å²) in [6.07, 6.45) is 9.83. The summed E-state index contributed by atoms with van der Waals surface area (Å²) >= 11 is 0. The maximum absolute atomic E-state index is 4.57. The Morgan fingerprint density at radius 3 is 3.04 bits per heavy atom. The fourth-order valence-corrected chi connectivity index (χ4v) is 3.49. The van der Waals surface area contributed by atoms with E-state index < -0.39 is 0 Å². The number of aliphatic imine (C=N–C) groups is 1. The molecule has 3 aromatic rings. The van der Waals surface area contributed by atoms with Crippen LogP contribution in [0.5, 0.6) is 0 Å². The SMILES string of the molecule is C1=C(CC2CC2)CN=C1Nc1ccnc(NCc2cccc3[nH]ccc23)n1. The van der Waals surface area contributed by atoms with Crippen LogP contribution in [0.2, 0.25) is 0 Å². The Hall–Kier alpha value is -3.15. The molecule has 3 N–H and O–H groups in total.